The van der Waals surface area contributed by atoms with Gasteiger partial charge >= 0.3 is 0 Å². The highest BCUT2D eigenvalue weighted by Crippen LogP contribution is 2.36. The molecule has 2 aromatic carbocycles. The van der Waals surface area contributed by atoms with E-state index in [1.54, 1.807) is 7.11 Å². The highest BCUT2D eigenvalue weighted by Gasteiger charge is 2.43. The van der Waals surface area contributed by atoms with Crippen molar-refractivity contribution < 1.29 is 9.53 Å². The molecule has 160 valence electrons. The van der Waals surface area contributed by atoms with Gasteiger partial charge in [-0.05, 0) is 55.6 Å². The van der Waals surface area contributed by atoms with Crippen LogP contribution in [0.2, 0.25) is 0 Å². The van der Waals surface area contributed by atoms with Gasteiger partial charge in [0, 0.05) is 24.3 Å². The molecule has 5 heteroatoms. The lowest BCUT2D eigenvalue weighted by molar-refractivity contribution is -0.127. The van der Waals surface area contributed by atoms with E-state index in [1.807, 2.05) is 49.4 Å². The maximum atomic E-state index is 12.5. The zero-order valence-corrected chi connectivity index (χ0v) is 18.2. The molecule has 31 heavy (non-hydrogen) atoms. The molecule has 5 nitrogen and oxygen atoms in total. The SMILES string of the molecule is COc1ccccc1-c1ccc(C[C@]2(C(N)=O)CCN(Cc3cccc(C)n3)C2)cc1. The van der Waals surface area contributed by atoms with Crippen molar-refractivity contribution in [1.82, 2.24) is 9.88 Å². The minimum absolute atomic E-state index is 0.221. The van der Waals surface area contributed by atoms with Gasteiger partial charge in [-0.3, -0.25) is 14.7 Å². The van der Waals surface area contributed by atoms with Crippen LogP contribution >= 0.6 is 0 Å². The van der Waals surface area contributed by atoms with E-state index in [0.29, 0.717) is 13.0 Å². The van der Waals surface area contributed by atoms with E-state index in [0.717, 1.165) is 53.3 Å². The van der Waals surface area contributed by atoms with E-state index in [1.165, 1.54) is 0 Å². The van der Waals surface area contributed by atoms with Crippen molar-refractivity contribution in [3.63, 3.8) is 0 Å². The van der Waals surface area contributed by atoms with Crippen LogP contribution in [-0.4, -0.2) is 36.0 Å². The van der Waals surface area contributed by atoms with Crippen LogP contribution in [0.3, 0.4) is 0 Å². The van der Waals surface area contributed by atoms with E-state index < -0.39 is 5.41 Å². The first-order valence-corrected chi connectivity index (χ1v) is 10.7. The third-order valence-electron chi connectivity index (χ3n) is 6.20. The van der Waals surface area contributed by atoms with Crippen LogP contribution < -0.4 is 10.5 Å². The van der Waals surface area contributed by atoms with Crippen LogP contribution in [0.1, 0.15) is 23.4 Å². The van der Waals surface area contributed by atoms with Crippen LogP contribution in [-0.2, 0) is 17.8 Å². The molecule has 2 N–H and O–H groups in total. The number of carbonyl (C=O) groups is 1. The molecule has 0 spiro atoms. The fraction of sp³-hybridized carbons (Fsp3) is 0.308. The highest BCUT2D eigenvalue weighted by atomic mass is 16.5. The van der Waals surface area contributed by atoms with Gasteiger partial charge in [0.2, 0.25) is 5.91 Å². The molecule has 0 unspecified atom stereocenters. The first-order valence-electron chi connectivity index (χ1n) is 10.7. The number of amides is 1. The van der Waals surface area contributed by atoms with E-state index in [4.69, 9.17) is 10.5 Å². The summed E-state index contributed by atoms with van der Waals surface area (Å²) in [5, 5.41) is 0. The number of pyridine rings is 1. The number of benzene rings is 2. The maximum Gasteiger partial charge on any atom is 0.225 e. The Kier molecular flexibility index (Phi) is 6.05. The normalized spacial score (nSPS) is 18.8. The highest BCUT2D eigenvalue weighted by molar-refractivity contribution is 5.82. The molecule has 0 aliphatic carbocycles. The largest absolute Gasteiger partial charge is 0.496 e. The minimum Gasteiger partial charge on any atom is -0.496 e. The molecule has 0 bridgehead atoms. The van der Waals surface area contributed by atoms with Crippen molar-refractivity contribution in [1.29, 1.82) is 0 Å². The fourth-order valence-corrected chi connectivity index (χ4v) is 4.52. The Morgan fingerprint density at radius 2 is 1.87 bits per heavy atom. The number of hydrogen-bond acceptors (Lipinski definition) is 4. The molecule has 1 atom stereocenters. The Bertz CT molecular complexity index is 1060. The molecule has 1 aromatic heterocycles. The number of primary amides is 1. The Labute approximate surface area is 183 Å². The fourth-order valence-electron chi connectivity index (χ4n) is 4.52. The summed E-state index contributed by atoms with van der Waals surface area (Å²) >= 11 is 0. The Hall–Kier alpha value is -3.18. The van der Waals surface area contributed by atoms with Crippen LogP contribution in [0, 0.1) is 12.3 Å². The average molecular weight is 416 g/mol. The summed E-state index contributed by atoms with van der Waals surface area (Å²) in [4.78, 5) is 19.4. The zero-order valence-electron chi connectivity index (χ0n) is 18.2. The number of aromatic nitrogens is 1. The number of carbonyl (C=O) groups excluding carboxylic acids is 1. The number of ether oxygens (including phenoxy) is 1. The number of hydrogen-bond donors (Lipinski definition) is 1. The number of rotatable bonds is 7. The first-order chi connectivity index (χ1) is 15.0. The van der Waals surface area contributed by atoms with Gasteiger partial charge in [-0.2, -0.15) is 0 Å². The lowest BCUT2D eigenvalue weighted by atomic mass is 9.80. The number of aryl methyl sites for hydroxylation is 1. The molecule has 1 amide bonds. The van der Waals surface area contributed by atoms with E-state index in [2.05, 4.69) is 34.1 Å². The van der Waals surface area contributed by atoms with Gasteiger partial charge in [0.15, 0.2) is 0 Å². The number of likely N-dealkylation sites (tertiary alicyclic amines) is 1. The van der Waals surface area contributed by atoms with Crippen molar-refractivity contribution in [2.45, 2.75) is 26.3 Å². The first kappa shape index (κ1) is 21.1. The van der Waals surface area contributed by atoms with Crippen molar-refractivity contribution in [3.05, 3.63) is 83.7 Å². The molecule has 0 radical (unpaired) electrons. The van der Waals surface area contributed by atoms with Gasteiger partial charge in [-0.25, -0.2) is 0 Å². The zero-order chi connectivity index (χ0) is 21.8. The Morgan fingerprint density at radius 1 is 1.10 bits per heavy atom. The average Bonchev–Trinajstić information content (AvgIpc) is 3.18. The smallest absolute Gasteiger partial charge is 0.225 e. The second-order valence-corrected chi connectivity index (χ2v) is 8.45. The second kappa shape index (κ2) is 8.90. The van der Waals surface area contributed by atoms with Gasteiger partial charge in [0.05, 0.1) is 18.2 Å². The number of nitrogens with two attached hydrogens (primary N) is 1. The Morgan fingerprint density at radius 3 is 2.58 bits per heavy atom. The summed E-state index contributed by atoms with van der Waals surface area (Å²) in [7, 11) is 1.68. The third-order valence-corrected chi connectivity index (χ3v) is 6.20. The summed E-state index contributed by atoms with van der Waals surface area (Å²) in [6.45, 7) is 4.24. The molecule has 0 saturated carbocycles. The van der Waals surface area contributed by atoms with Gasteiger partial charge in [-0.1, -0.05) is 48.5 Å². The van der Waals surface area contributed by atoms with Gasteiger partial charge in [0.1, 0.15) is 5.75 Å². The standard InChI is InChI=1S/C26H29N3O2/c1-19-6-5-7-22(28-19)17-29-15-14-26(18-29,25(27)30)16-20-10-12-21(13-11-20)23-8-3-4-9-24(23)31-2/h3-13H,14-18H2,1-2H3,(H2,27,30)/t26-/m1/s1. The van der Waals surface area contributed by atoms with Crippen LogP contribution in [0.15, 0.2) is 66.7 Å². The van der Waals surface area contributed by atoms with Gasteiger partial charge in [-0.15, -0.1) is 0 Å². The van der Waals surface area contributed by atoms with Gasteiger partial charge in [0.25, 0.3) is 0 Å². The molecular weight excluding hydrogens is 386 g/mol. The van der Waals surface area contributed by atoms with E-state index in [9.17, 15) is 4.79 Å². The molecule has 2 heterocycles. The molecule has 1 saturated heterocycles. The summed E-state index contributed by atoms with van der Waals surface area (Å²) in [5.74, 6) is 0.626. The van der Waals surface area contributed by atoms with Crippen molar-refractivity contribution in [2.24, 2.45) is 11.1 Å². The third kappa shape index (κ3) is 4.62. The molecule has 3 aromatic rings. The summed E-state index contributed by atoms with van der Waals surface area (Å²) in [6.07, 6.45) is 1.41. The summed E-state index contributed by atoms with van der Waals surface area (Å²) in [5.41, 5.74) is 10.7. The molecule has 1 aliphatic heterocycles. The summed E-state index contributed by atoms with van der Waals surface area (Å²) in [6, 6.07) is 22.4. The van der Waals surface area contributed by atoms with Crippen molar-refractivity contribution in [2.75, 3.05) is 20.2 Å². The number of para-hydroxylation sites is 1. The van der Waals surface area contributed by atoms with Crippen molar-refractivity contribution in [3.8, 4) is 16.9 Å². The lowest BCUT2D eigenvalue weighted by Gasteiger charge is -2.26. The molecule has 1 fully saturated rings. The van der Waals surface area contributed by atoms with Gasteiger partial charge < -0.3 is 10.5 Å². The lowest BCUT2D eigenvalue weighted by Crippen LogP contribution is -2.41. The second-order valence-electron chi connectivity index (χ2n) is 8.45. The predicted molar refractivity (Wildman–Crippen MR) is 123 cm³/mol. The van der Waals surface area contributed by atoms with Crippen LogP contribution in [0.4, 0.5) is 0 Å². The molecule has 4 rings (SSSR count). The van der Waals surface area contributed by atoms with Crippen LogP contribution in [0.25, 0.3) is 11.1 Å². The van der Waals surface area contributed by atoms with E-state index in [-0.39, 0.29) is 5.91 Å². The maximum absolute atomic E-state index is 12.5. The Balaban J connectivity index is 1.49. The number of methoxy groups -OCH3 is 1. The van der Waals surface area contributed by atoms with Crippen LogP contribution in [0.5, 0.6) is 5.75 Å². The van der Waals surface area contributed by atoms with E-state index >= 15 is 0 Å². The predicted octanol–water partition coefficient (Wildman–Crippen LogP) is 3.99. The molecular formula is C26H29N3O2. The minimum atomic E-state index is -0.546. The summed E-state index contributed by atoms with van der Waals surface area (Å²) < 4.78 is 5.48. The number of nitrogens with zero attached hydrogens (tertiary/aromatic N) is 2. The topological polar surface area (TPSA) is 68.5 Å². The monoisotopic (exact) mass is 415 g/mol. The quantitative estimate of drug-likeness (QED) is 0.634. The molecule has 1 aliphatic rings. The van der Waals surface area contributed by atoms with Crippen molar-refractivity contribution >= 4 is 5.91 Å².